The zero-order valence-corrected chi connectivity index (χ0v) is 12.3. The van der Waals surface area contributed by atoms with Crippen LogP contribution < -0.4 is 0 Å². The van der Waals surface area contributed by atoms with E-state index in [2.05, 4.69) is 4.98 Å². The van der Waals surface area contributed by atoms with Gasteiger partial charge in [0.05, 0.1) is 10.6 Å². The Morgan fingerprint density at radius 1 is 1.33 bits per heavy atom. The first-order valence-corrected chi connectivity index (χ1v) is 7.62. The highest BCUT2D eigenvalue weighted by Crippen LogP contribution is 2.40. The quantitative estimate of drug-likeness (QED) is 0.911. The lowest BCUT2D eigenvalue weighted by Crippen LogP contribution is -2.46. The predicted octanol–water partition coefficient (Wildman–Crippen LogP) is 2.59. The number of aliphatic carboxylic acids is 1. The highest BCUT2D eigenvalue weighted by Gasteiger charge is 2.47. The van der Waals surface area contributed by atoms with Gasteiger partial charge in [-0.15, -0.1) is 0 Å². The average molecular weight is 309 g/mol. The molecule has 1 amide bonds. The van der Waals surface area contributed by atoms with Gasteiger partial charge in [-0.3, -0.25) is 9.78 Å². The molecule has 1 saturated carbocycles. The van der Waals surface area contributed by atoms with Crippen LogP contribution in [0.25, 0.3) is 0 Å². The fourth-order valence-corrected chi connectivity index (χ4v) is 3.86. The van der Waals surface area contributed by atoms with Gasteiger partial charge >= 0.3 is 5.97 Å². The topological polar surface area (TPSA) is 70.5 Å². The SMILES string of the molecule is O=C(O)[C@@H]1C[C@@H]2CCCC[C@@H]2N1C(=O)c1ccncc1Cl. The van der Waals surface area contributed by atoms with E-state index in [0.717, 1.165) is 25.7 Å². The second-order valence-corrected chi connectivity index (χ2v) is 6.18. The smallest absolute Gasteiger partial charge is 0.326 e. The van der Waals surface area contributed by atoms with Gasteiger partial charge in [0.1, 0.15) is 6.04 Å². The molecule has 0 spiro atoms. The number of likely N-dealkylation sites (tertiary alicyclic amines) is 1. The first kappa shape index (κ1) is 14.3. The Labute approximate surface area is 127 Å². The molecule has 3 rings (SSSR count). The van der Waals surface area contributed by atoms with Crippen molar-refractivity contribution in [2.75, 3.05) is 0 Å². The van der Waals surface area contributed by atoms with Crippen LogP contribution in [-0.2, 0) is 4.79 Å². The molecule has 6 heteroatoms. The summed E-state index contributed by atoms with van der Waals surface area (Å²) in [5.41, 5.74) is 0.337. The van der Waals surface area contributed by atoms with Gasteiger partial charge in [0, 0.05) is 18.4 Å². The fourth-order valence-electron chi connectivity index (χ4n) is 3.66. The lowest BCUT2D eigenvalue weighted by Gasteiger charge is -2.33. The van der Waals surface area contributed by atoms with Crippen LogP contribution in [0.15, 0.2) is 18.5 Å². The normalized spacial score (nSPS) is 28.2. The predicted molar refractivity (Wildman–Crippen MR) is 77.2 cm³/mol. The first-order valence-electron chi connectivity index (χ1n) is 7.24. The monoisotopic (exact) mass is 308 g/mol. The summed E-state index contributed by atoms with van der Waals surface area (Å²) in [5.74, 6) is -0.920. The number of nitrogens with zero attached hydrogens (tertiary/aromatic N) is 2. The molecule has 0 bridgehead atoms. The molecule has 0 radical (unpaired) electrons. The highest BCUT2D eigenvalue weighted by molar-refractivity contribution is 6.33. The van der Waals surface area contributed by atoms with E-state index in [1.165, 1.54) is 12.4 Å². The summed E-state index contributed by atoms with van der Waals surface area (Å²) in [6.07, 6.45) is 7.51. The number of aromatic nitrogens is 1. The highest BCUT2D eigenvalue weighted by atomic mass is 35.5. The Hall–Kier alpha value is -1.62. The van der Waals surface area contributed by atoms with Crippen molar-refractivity contribution in [2.24, 2.45) is 5.92 Å². The maximum absolute atomic E-state index is 12.8. The maximum Gasteiger partial charge on any atom is 0.326 e. The lowest BCUT2D eigenvalue weighted by atomic mass is 9.84. The summed E-state index contributed by atoms with van der Waals surface area (Å²) >= 11 is 6.04. The molecule has 5 nitrogen and oxygen atoms in total. The lowest BCUT2D eigenvalue weighted by molar-refractivity contribution is -0.141. The standard InChI is InChI=1S/C15H17ClN2O3/c16-11-8-17-6-5-10(11)14(19)18-12-4-2-1-3-9(12)7-13(18)15(20)21/h5-6,8-9,12-13H,1-4,7H2,(H,20,21)/t9-,12-,13-/m0/s1. The summed E-state index contributed by atoms with van der Waals surface area (Å²) in [6.45, 7) is 0. The van der Waals surface area contributed by atoms with Crippen LogP contribution in [0.1, 0.15) is 42.5 Å². The molecule has 3 atom stereocenters. The number of amides is 1. The van der Waals surface area contributed by atoms with Gasteiger partial charge in [-0.1, -0.05) is 24.4 Å². The van der Waals surface area contributed by atoms with Crippen molar-refractivity contribution in [3.8, 4) is 0 Å². The van der Waals surface area contributed by atoms with E-state index in [9.17, 15) is 14.7 Å². The molecule has 0 unspecified atom stereocenters. The summed E-state index contributed by atoms with van der Waals surface area (Å²) in [4.78, 5) is 29.7. The van der Waals surface area contributed by atoms with Gasteiger partial charge in [-0.05, 0) is 31.2 Å². The Balaban J connectivity index is 1.95. The third kappa shape index (κ3) is 2.50. The molecular weight excluding hydrogens is 292 g/mol. The number of carboxylic acids is 1. The third-order valence-electron chi connectivity index (χ3n) is 4.61. The molecule has 2 fully saturated rings. The average Bonchev–Trinajstić information content (AvgIpc) is 2.86. The van der Waals surface area contributed by atoms with E-state index in [-0.39, 0.29) is 17.0 Å². The minimum Gasteiger partial charge on any atom is -0.480 e. The summed E-state index contributed by atoms with van der Waals surface area (Å²) in [5, 5.41) is 9.73. The van der Waals surface area contributed by atoms with Crippen LogP contribution >= 0.6 is 11.6 Å². The molecule has 1 aromatic heterocycles. The first-order chi connectivity index (χ1) is 10.1. The Bertz CT molecular complexity index is 578. The van der Waals surface area contributed by atoms with Crippen LogP contribution in [-0.4, -0.2) is 39.0 Å². The van der Waals surface area contributed by atoms with Crippen molar-refractivity contribution in [3.63, 3.8) is 0 Å². The Morgan fingerprint density at radius 2 is 2.10 bits per heavy atom. The molecule has 1 aromatic rings. The zero-order chi connectivity index (χ0) is 15.0. The Kier molecular flexibility index (Phi) is 3.85. The van der Waals surface area contributed by atoms with Crippen LogP contribution in [0.2, 0.25) is 5.02 Å². The number of rotatable bonds is 2. The number of pyridine rings is 1. The van der Waals surface area contributed by atoms with Crippen molar-refractivity contribution in [3.05, 3.63) is 29.0 Å². The number of hydrogen-bond donors (Lipinski definition) is 1. The van der Waals surface area contributed by atoms with Crippen LogP contribution in [0.3, 0.4) is 0 Å². The molecule has 1 aliphatic heterocycles. The second-order valence-electron chi connectivity index (χ2n) is 5.77. The van der Waals surface area contributed by atoms with Crippen LogP contribution in [0.5, 0.6) is 0 Å². The minimum absolute atomic E-state index is 0.0246. The summed E-state index contributed by atoms with van der Waals surface area (Å²) in [6, 6.07) is 0.839. The van der Waals surface area contributed by atoms with E-state index >= 15 is 0 Å². The third-order valence-corrected chi connectivity index (χ3v) is 4.91. The van der Waals surface area contributed by atoms with Gasteiger partial charge in [0.25, 0.3) is 5.91 Å². The van der Waals surface area contributed by atoms with E-state index in [0.29, 0.717) is 17.9 Å². The number of halogens is 1. The van der Waals surface area contributed by atoms with Gasteiger partial charge in [-0.25, -0.2) is 4.79 Å². The Morgan fingerprint density at radius 3 is 2.81 bits per heavy atom. The molecule has 1 aliphatic carbocycles. The molecule has 0 aromatic carbocycles. The molecule has 2 aliphatic rings. The molecule has 112 valence electrons. The van der Waals surface area contributed by atoms with Crippen molar-refractivity contribution in [1.82, 2.24) is 9.88 Å². The largest absolute Gasteiger partial charge is 0.480 e. The van der Waals surface area contributed by atoms with E-state index in [1.807, 2.05) is 0 Å². The van der Waals surface area contributed by atoms with Gasteiger partial charge in [0.2, 0.25) is 0 Å². The summed E-state index contributed by atoms with van der Waals surface area (Å²) in [7, 11) is 0. The van der Waals surface area contributed by atoms with Gasteiger partial charge < -0.3 is 10.0 Å². The molecule has 21 heavy (non-hydrogen) atoms. The molecule has 1 saturated heterocycles. The summed E-state index contributed by atoms with van der Waals surface area (Å²) < 4.78 is 0. The van der Waals surface area contributed by atoms with Gasteiger partial charge in [0.15, 0.2) is 0 Å². The molecular formula is C15H17ClN2O3. The number of carbonyl (C=O) groups excluding carboxylic acids is 1. The number of carboxylic acid groups (broad SMARTS) is 1. The van der Waals surface area contributed by atoms with Crippen molar-refractivity contribution >= 4 is 23.5 Å². The van der Waals surface area contributed by atoms with Crippen LogP contribution in [0, 0.1) is 5.92 Å². The number of fused-ring (bicyclic) bond motifs is 1. The zero-order valence-electron chi connectivity index (χ0n) is 11.5. The van der Waals surface area contributed by atoms with Crippen molar-refractivity contribution < 1.29 is 14.7 Å². The van der Waals surface area contributed by atoms with Gasteiger partial charge in [-0.2, -0.15) is 0 Å². The van der Waals surface area contributed by atoms with Crippen molar-refractivity contribution in [2.45, 2.75) is 44.2 Å². The van der Waals surface area contributed by atoms with Crippen molar-refractivity contribution in [1.29, 1.82) is 0 Å². The van der Waals surface area contributed by atoms with Crippen LogP contribution in [0.4, 0.5) is 0 Å². The van der Waals surface area contributed by atoms with E-state index in [4.69, 9.17) is 11.6 Å². The van der Waals surface area contributed by atoms with E-state index < -0.39 is 12.0 Å². The second kappa shape index (κ2) is 5.64. The minimum atomic E-state index is -0.928. The molecule has 2 heterocycles. The number of hydrogen-bond acceptors (Lipinski definition) is 3. The number of carbonyl (C=O) groups is 2. The van der Waals surface area contributed by atoms with E-state index in [1.54, 1.807) is 11.0 Å². The molecule has 1 N–H and O–H groups in total. The fraction of sp³-hybridized carbons (Fsp3) is 0.533. The maximum atomic E-state index is 12.8.